The fourth-order valence-corrected chi connectivity index (χ4v) is 13.8. The van der Waals surface area contributed by atoms with E-state index in [-0.39, 0.29) is 64.3 Å². The second kappa shape index (κ2) is 20.5. The van der Waals surface area contributed by atoms with Gasteiger partial charge in [0.05, 0.1) is 22.7 Å². The third kappa shape index (κ3) is 9.54. The number of aromatic nitrogens is 2. The van der Waals surface area contributed by atoms with Gasteiger partial charge in [-0.25, -0.2) is 13.6 Å². The summed E-state index contributed by atoms with van der Waals surface area (Å²) in [5.41, 5.74) is 7.93. The predicted octanol–water partition coefficient (Wildman–Crippen LogP) is 9.27. The minimum Gasteiger partial charge on any atom is -0.488 e. The van der Waals surface area contributed by atoms with Gasteiger partial charge in [0, 0.05) is 72.7 Å². The van der Waals surface area contributed by atoms with Gasteiger partial charge < -0.3 is 35.4 Å². The van der Waals surface area contributed by atoms with Crippen molar-refractivity contribution < 1.29 is 37.7 Å². The number of amides is 4. The van der Waals surface area contributed by atoms with E-state index in [1.165, 1.54) is 36.6 Å². The second-order valence-electron chi connectivity index (χ2n) is 22.2. The van der Waals surface area contributed by atoms with Crippen LogP contribution in [0.1, 0.15) is 116 Å². The Morgan fingerprint density at radius 1 is 0.947 bits per heavy atom. The van der Waals surface area contributed by atoms with Crippen LogP contribution in [0.5, 0.6) is 11.5 Å². The zero-order valence-electron chi connectivity index (χ0n) is 42.8. The van der Waals surface area contributed by atoms with Gasteiger partial charge in [-0.2, -0.15) is 5.10 Å². The van der Waals surface area contributed by atoms with Crippen LogP contribution >= 0.6 is 11.6 Å². The van der Waals surface area contributed by atoms with Crippen molar-refractivity contribution in [3.05, 3.63) is 118 Å². The summed E-state index contributed by atoms with van der Waals surface area (Å²) in [6.45, 7) is 8.50. The van der Waals surface area contributed by atoms with Gasteiger partial charge in [0.1, 0.15) is 18.2 Å². The molecule has 396 valence electrons. The van der Waals surface area contributed by atoms with Crippen LogP contribution < -0.4 is 30.7 Å². The predicted molar refractivity (Wildman–Crippen MR) is 284 cm³/mol. The van der Waals surface area contributed by atoms with Crippen molar-refractivity contribution in [2.75, 3.05) is 63.9 Å². The van der Waals surface area contributed by atoms with Crippen LogP contribution in [-0.2, 0) is 17.4 Å². The molecule has 4 aliphatic heterocycles. The molecular formula is C58H67ClF2N8O6. The van der Waals surface area contributed by atoms with Gasteiger partial charge in [-0.3, -0.25) is 24.5 Å². The van der Waals surface area contributed by atoms with E-state index < -0.39 is 35.1 Å². The Morgan fingerprint density at radius 2 is 1.67 bits per heavy atom. The minimum atomic E-state index is -1.16. The summed E-state index contributed by atoms with van der Waals surface area (Å²) in [5, 5.41) is 20.9. The van der Waals surface area contributed by atoms with E-state index >= 15 is 8.78 Å². The number of primary amides is 1. The van der Waals surface area contributed by atoms with E-state index in [9.17, 15) is 19.5 Å². The zero-order valence-corrected chi connectivity index (χ0v) is 43.6. The number of hydrogen-bond donors (Lipinski definition) is 4. The van der Waals surface area contributed by atoms with Crippen molar-refractivity contribution in [3.8, 4) is 22.6 Å². The van der Waals surface area contributed by atoms with Crippen LogP contribution in [0, 0.1) is 23.0 Å². The van der Waals surface area contributed by atoms with E-state index in [4.69, 9.17) is 26.8 Å². The van der Waals surface area contributed by atoms with Crippen molar-refractivity contribution in [1.82, 2.24) is 30.2 Å². The minimum absolute atomic E-state index is 0.0315. The molecule has 3 saturated heterocycles. The monoisotopic (exact) mass is 1040 g/mol. The van der Waals surface area contributed by atoms with Crippen molar-refractivity contribution in [2.24, 2.45) is 24.1 Å². The number of anilines is 1. The number of hydrogen-bond acceptors (Lipinski definition) is 10. The van der Waals surface area contributed by atoms with Gasteiger partial charge in [-0.1, -0.05) is 54.9 Å². The summed E-state index contributed by atoms with van der Waals surface area (Å²) in [6, 6.07) is 19.6. The van der Waals surface area contributed by atoms with Gasteiger partial charge in [0.2, 0.25) is 11.8 Å². The van der Waals surface area contributed by atoms with Crippen LogP contribution in [0.4, 0.5) is 19.4 Å². The van der Waals surface area contributed by atoms with Crippen LogP contribution in [-0.4, -0.2) is 107 Å². The van der Waals surface area contributed by atoms with Gasteiger partial charge in [-0.15, -0.1) is 0 Å². The number of nitrogens with one attached hydrogen (secondary N) is 2. The number of aryl methyl sites for hydroxylation is 1. The highest BCUT2D eigenvalue weighted by molar-refractivity contribution is 6.34. The molecule has 2 bridgehead atoms. The average Bonchev–Trinajstić information content (AvgIpc) is 3.90. The quantitative estimate of drug-likeness (QED) is 0.0794. The molecule has 4 amide bonds. The molecule has 5 N–H and O–H groups in total. The average molecular weight is 1050 g/mol. The maximum Gasteiger partial charge on any atom is 0.329 e. The van der Waals surface area contributed by atoms with E-state index in [0.29, 0.717) is 35.2 Å². The number of aliphatic hydroxyl groups excluding tert-OH is 1. The number of rotatable bonds is 15. The molecule has 75 heavy (non-hydrogen) atoms. The highest BCUT2D eigenvalue weighted by Crippen LogP contribution is 2.58. The number of fused-ring (bicyclic) bond motifs is 5. The lowest BCUT2D eigenvalue weighted by molar-refractivity contribution is -0.120. The molecule has 12 rings (SSSR count). The Hall–Kier alpha value is -6.07. The Labute approximate surface area is 441 Å². The van der Waals surface area contributed by atoms with Gasteiger partial charge in [0.15, 0.2) is 23.0 Å². The van der Waals surface area contributed by atoms with E-state index in [1.807, 2.05) is 61.3 Å². The first-order chi connectivity index (χ1) is 36.2. The number of halogens is 3. The largest absolute Gasteiger partial charge is 0.488 e. The number of ether oxygens (including phenoxy) is 2. The van der Waals surface area contributed by atoms with Crippen LogP contribution in [0.2, 0.25) is 5.02 Å². The van der Waals surface area contributed by atoms with Gasteiger partial charge in [-0.05, 0) is 155 Å². The Kier molecular flexibility index (Phi) is 13.9. The molecule has 0 unspecified atom stereocenters. The van der Waals surface area contributed by atoms with Crippen LogP contribution in [0.25, 0.3) is 22.0 Å². The molecule has 3 aliphatic carbocycles. The lowest BCUT2D eigenvalue weighted by Gasteiger charge is -2.55. The molecule has 0 radical (unpaired) electrons. The molecule has 14 nitrogen and oxygen atoms in total. The maximum atomic E-state index is 16.5. The number of urea groups is 1. The fourth-order valence-electron chi connectivity index (χ4n) is 13.6. The number of imide groups is 1. The lowest BCUT2D eigenvalue weighted by Crippen LogP contribution is -2.56. The SMILES string of the molecule is C[C@H]1c2c(cc(F)c(Cl)c2-c2c(C(N)=O)ccc(OCCO)c2F)O[C@]1(/C=C\NC12CCC(CN3CCC(CN4CCC(c5ccc6c(N7CCC(=O)NC7=O)nn(C)c6c5)CC4)CC3)(CC1)CC2)c1ccccc1. The number of benzene rings is 4. The summed E-state index contributed by atoms with van der Waals surface area (Å²) < 4.78 is 46.6. The lowest BCUT2D eigenvalue weighted by atomic mass is 9.57. The Bertz CT molecular complexity index is 3020. The number of aliphatic hydroxyl groups is 1. The molecule has 4 aromatic carbocycles. The van der Waals surface area contributed by atoms with Crippen LogP contribution in [0.3, 0.4) is 0 Å². The molecule has 6 fully saturated rings. The molecule has 7 aliphatic rings. The number of nitrogens with zero attached hydrogens (tertiary/aromatic N) is 5. The van der Waals surface area contributed by atoms with Gasteiger partial charge in [0.25, 0.3) is 0 Å². The summed E-state index contributed by atoms with van der Waals surface area (Å²) in [4.78, 5) is 44.1. The second-order valence-corrected chi connectivity index (χ2v) is 22.6. The van der Waals surface area contributed by atoms with Crippen molar-refractivity contribution >= 4 is 46.2 Å². The third-order valence-corrected chi connectivity index (χ3v) is 18.3. The molecular weight excluding hydrogens is 978 g/mol. The third-order valence-electron chi connectivity index (χ3n) is 17.9. The summed E-state index contributed by atoms with van der Waals surface area (Å²) >= 11 is 6.76. The number of likely N-dealkylation sites (tertiary alicyclic amines) is 2. The number of nitrogens with two attached hydrogens (primary N) is 1. The first-order valence-corrected chi connectivity index (χ1v) is 27.2. The van der Waals surface area contributed by atoms with E-state index in [0.717, 1.165) is 107 Å². The van der Waals surface area contributed by atoms with Gasteiger partial charge >= 0.3 is 6.03 Å². The van der Waals surface area contributed by atoms with E-state index in [2.05, 4.69) is 43.7 Å². The maximum absolute atomic E-state index is 16.5. The molecule has 5 aromatic rings. The molecule has 1 aromatic heterocycles. The first kappa shape index (κ1) is 51.1. The molecule has 5 heterocycles. The standard InChI is InChI=1S/C58H67ClF2N8O6/c1-36-48-46(33-43(60)51(59)50(48)49-42(53(62)72)10-11-45(52(49)61)74-31-30-70)75-58(36,40-6-4-3-5-7-40)23-24-63-57-20-17-56(18-21-57,19-22-57)35-68-25-12-37(13-26-68)34-67-27-14-38(15-28-67)39-8-9-41-44(32-39)66(2)65-54(41)69-29-16-47(71)64-55(69)73/h3-11,23-24,32-33,36-38,63,70H,12-22,25-31,34-35H2,1-2H3,(H2,62,72)(H,64,71,73)/b24-23-/t36-,56?,57?,58-/m0/s1. The topological polar surface area (TPSA) is 168 Å². The normalized spacial score (nSPS) is 25.7. The van der Waals surface area contributed by atoms with E-state index in [1.54, 1.807) is 4.90 Å². The highest BCUT2D eigenvalue weighted by atomic mass is 35.5. The summed E-state index contributed by atoms with van der Waals surface area (Å²) in [6.07, 6.45) is 15.6. The number of piperidine rings is 2. The molecule has 2 atom stereocenters. The fraction of sp³-hybridized carbons (Fsp3) is 0.483. The summed E-state index contributed by atoms with van der Waals surface area (Å²) in [7, 11) is 1.91. The van der Waals surface area contributed by atoms with Crippen molar-refractivity contribution in [2.45, 2.75) is 101 Å². The molecule has 17 heteroatoms. The molecule has 0 spiro atoms. The van der Waals surface area contributed by atoms with Crippen molar-refractivity contribution in [3.63, 3.8) is 0 Å². The van der Waals surface area contributed by atoms with Crippen LogP contribution in [0.15, 0.2) is 79.0 Å². The Morgan fingerprint density at radius 3 is 2.36 bits per heavy atom. The smallest absolute Gasteiger partial charge is 0.329 e. The Balaban J connectivity index is 0.699. The number of carbonyl (C=O) groups excluding carboxylic acids is 3. The number of carbonyl (C=O) groups is 3. The molecule has 3 saturated carbocycles. The summed E-state index contributed by atoms with van der Waals surface area (Å²) in [5.74, 6) is -1.79. The van der Waals surface area contributed by atoms with Crippen molar-refractivity contribution in [1.29, 1.82) is 0 Å². The highest BCUT2D eigenvalue weighted by Gasteiger charge is 2.51. The first-order valence-electron chi connectivity index (χ1n) is 26.8. The zero-order chi connectivity index (χ0) is 52.2.